The maximum absolute atomic E-state index is 6.00. The van der Waals surface area contributed by atoms with Gasteiger partial charge in [0.1, 0.15) is 0 Å². The molecule has 0 spiro atoms. The first-order valence-electron chi connectivity index (χ1n) is 5.76. The SMILES string of the molecule is Cc1cccc(-c2nc(CC(C)C)no2)c1N. The zero-order chi connectivity index (χ0) is 12.4. The predicted molar refractivity (Wildman–Crippen MR) is 67.4 cm³/mol. The van der Waals surface area contributed by atoms with E-state index in [4.69, 9.17) is 10.3 Å². The van der Waals surface area contributed by atoms with Gasteiger partial charge in [0.25, 0.3) is 5.89 Å². The number of aryl methyl sites for hydroxylation is 1. The summed E-state index contributed by atoms with van der Waals surface area (Å²) in [6, 6.07) is 5.80. The fourth-order valence-corrected chi connectivity index (χ4v) is 1.68. The van der Waals surface area contributed by atoms with Crippen LogP contribution in [0.5, 0.6) is 0 Å². The summed E-state index contributed by atoms with van der Waals surface area (Å²) in [5.74, 6) is 1.74. The molecule has 0 fully saturated rings. The Balaban J connectivity index is 2.34. The second-order valence-electron chi connectivity index (χ2n) is 4.65. The molecular formula is C13H17N3O. The van der Waals surface area contributed by atoms with Crippen molar-refractivity contribution < 1.29 is 4.52 Å². The molecule has 0 aliphatic rings. The summed E-state index contributed by atoms with van der Waals surface area (Å²) in [7, 11) is 0. The topological polar surface area (TPSA) is 64.9 Å². The first-order valence-corrected chi connectivity index (χ1v) is 5.76. The Hall–Kier alpha value is -1.84. The van der Waals surface area contributed by atoms with Crippen LogP contribution < -0.4 is 5.73 Å². The van der Waals surface area contributed by atoms with E-state index >= 15 is 0 Å². The van der Waals surface area contributed by atoms with E-state index in [1.54, 1.807) is 0 Å². The van der Waals surface area contributed by atoms with E-state index < -0.39 is 0 Å². The van der Waals surface area contributed by atoms with E-state index in [1.165, 1.54) is 0 Å². The van der Waals surface area contributed by atoms with Crippen molar-refractivity contribution in [2.45, 2.75) is 27.2 Å². The lowest BCUT2D eigenvalue weighted by molar-refractivity contribution is 0.418. The van der Waals surface area contributed by atoms with Gasteiger partial charge in [-0.05, 0) is 24.5 Å². The second-order valence-corrected chi connectivity index (χ2v) is 4.65. The number of aromatic nitrogens is 2. The van der Waals surface area contributed by atoms with Crippen molar-refractivity contribution in [3.63, 3.8) is 0 Å². The molecule has 4 nitrogen and oxygen atoms in total. The summed E-state index contributed by atoms with van der Waals surface area (Å²) in [4.78, 5) is 4.36. The third-order valence-electron chi connectivity index (χ3n) is 2.61. The van der Waals surface area contributed by atoms with Gasteiger partial charge in [-0.15, -0.1) is 0 Å². The van der Waals surface area contributed by atoms with Crippen molar-refractivity contribution in [3.8, 4) is 11.5 Å². The molecule has 1 aromatic carbocycles. The van der Waals surface area contributed by atoms with Crippen molar-refractivity contribution >= 4 is 5.69 Å². The number of para-hydroxylation sites is 1. The molecule has 1 aromatic heterocycles. The molecular weight excluding hydrogens is 214 g/mol. The van der Waals surface area contributed by atoms with Gasteiger partial charge in [0.2, 0.25) is 0 Å². The quantitative estimate of drug-likeness (QED) is 0.825. The minimum atomic E-state index is 0.502. The van der Waals surface area contributed by atoms with Crippen LogP contribution in [-0.2, 0) is 6.42 Å². The highest BCUT2D eigenvalue weighted by Gasteiger charge is 2.13. The zero-order valence-electron chi connectivity index (χ0n) is 10.4. The molecule has 2 aromatic rings. The third kappa shape index (κ3) is 2.46. The molecule has 0 radical (unpaired) electrons. The molecule has 0 bridgehead atoms. The van der Waals surface area contributed by atoms with Gasteiger partial charge in [-0.1, -0.05) is 31.1 Å². The summed E-state index contributed by atoms with van der Waals surface area (Å²) in [6.45, 7) is 6.21. The van der Waals surface area contributed by atoms with E-state index in [9.17, 15) is 0 Å². The van der Waals surface area contributed by atoms with Gasteiger partial charge in [-0.2, -0.15) is 4.98 Å². The number of hydrogen-bond acceptors (Lipinski definition) is 4. The summed E-state index contributed by atoms with van der Waals surface area (Å²) < 4.78 is 5.25. The van der Waals surface area contributed by atoms with Crippen LogP contribution in [-0.4, -0.2) is 10.1 Å². The first kappa shape index (κ1) is 11.6. The predicted octanol–water partition coefficient (Wildman–Crippen LogP) is 2.83. The van der Waals surface area contributed by atoms with Crippen molar-refractivity contribution in [1.29, 1.82) is 0 Å². The van der Waals surface area contributed by atoms with E-state index in [2.05, 4.69) is 24.0 Å². The van der Waals surface area contributed by atoms with E-state index in [0.717, 1.165) is 23.4 Å². The van der Waals surface area contributed by atoms with Gasteiger partial charge in [-0.25, -0.2) is 0 Å². The Kier molecular flexibility index (Phi) is 3.13. The van der Waals surface area contributed by atoms with Gasteiger partial charge in [0.05, 0.1) is 5.56 Å². The third-order valence-corrected chi connectivity index (χ3v) is 2.61. The Morgan fingerprint density at radius 3 is 2.82 bits per heavy atom. The van der Waals surface area contributed by atoms with Crippen LogP contribution >= 0.6 is 0 Å². The van der Waals surface area contributed by atoms with Crippen molar-refractivity contribution in [3.05, 3.63) is 29.6 Å². The van der Waals surface area contributed by atoms with Crippen molar-refractivity contribution in [1.82, 2.24) is 10.1 Å². The molecule has 1 heterocycles. The summed E-state index contributed by atoms with van der Waals surface area (Å²) in [5.41, 5.74) is 8.53. The lowest BCUT2D eigenvalue weighted by Gasteiger charge is -2.03. The molecule has 2 rings (SSSR count). The minimum absolute atomic E-state index is 0.502. The molecule has 0 unspecified atom stereocenters. The molecule has 0 saturated carbocycles. The van der Waals surface area contributed by atoms with Crippen molar-refractivity contribution in [2.75, 3.05) is 5.73 Å². The average molecular weight is 231 g/mol. The number of nitrogens with two attached hydrogens (primary N) is 1. The van der Waals surface area contributed by atoms with Crippen LogP contribution in [0, 0.1) is 12.8 Å². The van der Waals surface area contributed by atoms with Gasteiger partial charge in [0, 0.05) is 12.1 Å². The van der Waals surface area contributed by atoms with E-state index in [-0.39, 0.29) is 0 Å². The van der Waals surface area contributed by atoms with Crippen LogP contribution in [0.4, 0.5) is 5.69 Å². The van der Waals surface area contributed by atoms with Gasteiger partial charge >= 0.3 is 0 Å². The average Bonchev–Trinajstić information content (AvgIpc) is 2.69. The van der Waals surface area contributed by atoms with E-state index in [0.29, 0.717) is 17.5 Å². The number of anilines is 1. The molecule has 4 heteroatoms. The standard InChI is InChI=1S/C13H17N3O/c1-8(2)7-11-15-13(17-16-11)10-6-4-5-9(3)12(10)14/h4-6,8H,7,14H2,1-3H3. The van der Waals surface area contributed by atoms with Crippen molar-refractivity contribution in [2.24, 2.45) is 5.92 Å². The smallest absolute Gasteiger partial charge is 0.260 e. The molecule has 0 saturated heterocycles. The van der Waals surface area contributed by atoms with Crippen LogP contribution in [0.15, 0.2) is 22.7 Å². The Bertz CT molecular complexity index is 517. The Morgan fingerprint density at radius 1 is 1.35 bits per heavy atom. The van der Waals surface area contributed by atoms with Crippen LogP contribution in [0.3, 0.4) is 0 Å². The molecule has 0 aliphatic heterocycles. The van der Waals surface area contributed by atoms with E-state index in [1.807, 2.05) is 25.1 Å². The van der Waals surface area contributed by atoms with Gasteiger partial charge in [0.15, 0.2) is 5.82 Å². The molecule has 90 valence electrons. The van der Waals surface area contributed by atoms with Crippen LogP contribution in [0.1, 0.15) is 25.2 Å². The highest BCUT2D eigenvalue weighted by Crippen LogP contribution is 2.26. The molecule has 17 heavy (non-hydrogen) atoms. The fourth-order valence-electron chi connectivity index (χ4n) is 1.68. The van der Waals surface area contributed by atoms with Gasteiger partial charge in [-0.3, -0.25) is 0 Å². The second kappa shape index (κ2) is 4.57. The minimum Gasteiger partial charge on any atom is -0.398 e. The summed E-state index contributed by atoms with van der Waals surface area (Å²) in [6.07, 6.45) is 0.815. The largest absolute Gasteiger partial charge is 0.398 e. The summed E-state index contributed by atoms with van der Waals surface area (Å²) >= 11 is 0. The normalized spacial score (nSPS) is 11.1. The first-order chi connectivity index (χ1) is 8.08. The number of benzene rings is 1. The number of nitrogens with zero attached hydrogens (tertiary/aromatic N) is 2. The maximum Gasteiger partial charge on any atom is 0.260 e. The van der Waals surface area contributed by atoms with Gasteiger partial charge < -0.3 is 10.3 Å². The molecule has 2 N–H and O–H groups in total. The number of hydrogen-bond donors (Lipinski definition) is 1. The Labute approximate surface area is 101 Å². The number of rotatable bonds is 3. The highest BCUT2D eigenvalue weighted by molar-refractivity contribution is 5.72. The van der Waals surface area contributed by atoms with Crippen LogP contribution in [0.2, 0.25) is 0 Å². The lowest BCUT2D eigenvalue weighted by atomic mass is 10.1. The monoisotopic (exact) mass is 231 g/mol. The van der Waals surface area contributed by atoms with Crippen LogP contribution in [0.25, 0.3) is 11.5 Å². The molecule has 0 aliphatic carbocycles. The summed E-state index contributed by atoms with van der Waals surface area (Å²) in [5, 5.41) is 3.96. The highest BCUT2D eigenvalue weighted by atomic mass is 16.5. The number of nitrogen functional groups attached to an aromatic ring is 1. The molecule has 0 amide bonds. The zero-order valence-corrected chi connectivity index (χ0v) is 10.4. The lowest BCUT2D eigenvalue weighted by Crippen LogP contribution is -1.96. The maximum atomic E-state index is 6.00. The fraction of sp³-hybridized carbons (Fsp3) is 0.385. The Morgan fingerprint density at radius 2 is 2.12 bits per heavy atom. The molecule has 0 atom stereocenters.